The van der Waals surface area contributed by atoms with Gasteiger partial charge in [-0.3, -0.25) is 0 Å². The number of hydrogen-bond donors (Lipinski definition) is 2. The van der Waals surface area contributed by atoms with E-state index in [9.17, 15) is 5.11 Å². The van der Waals surface area contributed by atoms with Crippen molar-refractivity contribution in [1.82, 2.24) is 15.5 Å². The highest BCUT2D eigenvalue weighted by Crippen LogP contribution is 2.27. The Kier molecular flexibility index (Phi) is 9.03. The summed E-state index contributed by atoms with van der Waals surface area (Å²) in [6.45, 7) is 3.30. The number of methoxy groups -OCH3 is 2. The average Bonchev–Trinajstić information content (AvgIpc) is 3.24. The third-order valence-electron chi connectivity index (χ3n) is 4.72. The molecular weight excluding hydrogens is 426 g/mol. The van der Waals surface area contributed by atoms with Crippen LogP contribution in [0.25, 0.3) is 12.2 Å². The topological polar surface area (TPSA) is 85.7 Å². The zero-order chi connectivity index (χ0) is 22.8. The molecule has 8 heteroatoms. The van der Waals surface area contributed by atoms with Crippen LogP contribution in [0.3, 0.4) is 0 Å². The largest absolute Gasteiger partial charge is 0.493 e. The number of nitrogens with zero attached hydrogens (tertiary/aromatic N) is 2. The Hall–Kier alpha value is -2.94. The lowest BCUT2D eigenvalue weighted by Gasteiger charge is -2.15. The molecule has 170 valence electrons. The highest BCUT2D eigenvalue weighted by molar-refractivity contribution is 7.12. The van der Waals surface area contributed by atoms with E-state index in [0.29, 0.717) is 18.0 Å². The molecule has 1 unspecified atom stereocenters. The van der Waals surface area contributed by atoms with Crippen LogP contribution in [0.2, 0.25) is 0 Å². The van der Waals surface area contributed by atoms with Crippen molar-refractivity contribution >= 4 is 23.5 Å². The number of hydrogen-bond acceptors (Lipinski definition) is 8. The number of benzene rings is 2. The Bertz CT molecular complexity index is 1020. The zero-order valence-electron chi connectivity index (χ0n) is 18.6. The molecule has 0 saturated heterocycles. The van der Waals surface area contributed by atoms with Crippen LogP contribution in [0, 0.1) is 6.92 Å². The van der Waals surface area contributed by atoms with Gasteiger partial charge in [-0.2, -0.15) is 0 Å². The quantitative estimate of drug-likeness (QED) is 0.404. The highest BCUT2D eigenvalue weighted by Gasteiger charge is 2.08. The van der Waals surface area contributed by atoms with Crippen LogP contribution in [0.1, 0.15) is 21.1 Å². The summed E-state index contributed by atoms with van der Waals surface area (Å²) < 4.78 is 16.5. The molecular formula is C24H29N3O4S. The molecule has 1 atom stereocenters. The molecule has 3 rings (SSSR count). The van der Waals surface area contributed by atoms with Crippen LogP contribution in [0.15, 0.2) is 42.5 Å². The maximum Gasteiger partial charge on any atom is 0.160 e. The number of aliphatic hydroxyl groups is 1. The van der Waals surface area contributed by atoms with Gasteiger partial charge in [0.15, 0.2) is 11.5 Å². The number of ether oxygens (including phenoxy) is 3. The van der Waals surface area contributed by atoms with Crippen molar-refractivity contribution in [3.63, 3.8) is 0 Å². The summed E-state index contributed by atoms with van der Waals surface area (Å²) in [7, 11) is 3.25. The first-order valence-corrected chi connectivity index (χ1v) is 11.2. The molecule has 0 amide bonds. The van der Waals surface area contributed by atoms with E-state index in [1.807, 2.05) is 61.5 Å². The first-order chi connectivity index (χ1) is 15.6. The van der Waals surface area contributed by atoms with Gasteiger partial charge in [-0.1, -0.05) is 35.6 Å². The summed E-state index contributed by atoms with van der Waals surface area (Å²) in [4.78, 5) is 0. The number of aromatic nitrogens is 2. The lowest BCUT2D eigenvalue weighted by molar-refractivity contribution is 0.106. The van der Waals surface area contributed by atoms with E-state index in [4.69, 9.17) is 14.2 Å². The van der Waals surface area contributed by atoms with Gasteiger partial charge >= 0.3 is 0 Å². The first-order valence-electron chi connectivity index (χ1n) is 10.4. The van der Waals surface area contributed by atoms with Gasteiger partial charge in [0, 0.05) is 12.1 Å². The standard InChI is InChI=1S/C24H29N3O4S/c1-17-26-27-24(32-17)11-9-19-6-4-5-7-21(19)31-16-20(28)15-25-13-12-18-8-10-22(29-2)23(14-18)30-3/h4-11,14,20,25,28H,12-13,15-16H2,1-3H3/b11-9+. The fourth-order valence-corrected chi connectivity index (χ4v) is 3.67. The summed E-state index contributed by atoms with van der Waals surface area (Å²) in [5.41, 5.74) is 2.06. The number of para-hydroxylation sites is 1. The van der Waals surface area contributed by atoms with Crippen molar-refractivity contribution < 1.29 is 19.3 Å². The van der Waals surface area contributed by atoms with Crippen molar-refractivity contribution in [1.29, 1.82) is 0 Å². The summed E-state index contributed by atoms with van der Waals surface area (Å²) in [5.74, 6) is 2.15. The predicted octanol–water partition coefficient (Wildman–Crippen LogP) is 3.61. The smallest absolute Gasteiger partial charge is 0.160 e. The van der Waals surface area contributed by atoms with Crippen LogP contribution in [0.4, 0.5) is 0 Å². The summed E-state index contributed by atoms with van der Waals surface area (Å²) in [6.07, 6.45) is 4.05. The van der Waals surface area contributed by atoms with Crippen molar-refractivity contribution in [3.8, 4) is 17.2 Å². The van der Waals surface area contributed by atoms with Gasteiger partial charge in [-0.05, 0) is 55.8 Å². The molecule has 1 heterocycles. The summed E-state index contributed by atoms with van der Waals surface area (Å²) in [6, 6.07) is 13.6. The third kappa shape index (κ3) is 7.05. The van der Waals surface area contributed by atoms with Crippen molar-refractivity contribution in [3.05, 3.63) is 63.6 Å². The minimum atomic E-state index is -0.622. The Labute approximate surface area is 192 Å². The van der Waals surface area contributed by atoms with Crippen molar-refractivity contribution in [2.75, 3.05) is 33.9 Å². The van der Waals surface area contributed by atoms with Crippen LogP contribution in [-0.4, -0.2) is 55.3 Å². The summed E-state index contributed by atoms with van der Waals surface area (Å²) in [5, 5.41) is 23.5. The molecule has 0 bridgehead atoms. The molecule has 2 aromatic carbocycles. The summed E-state index contributed by atoms with van der Waals surface area (Å²) >= 11 is 1.53. The van der Waals surface area contributed by atoms with E-state index in [-0.39, 0.29) is 6.61 Å². The van der Waals surface area contributed by atoms with Gasteiger partial charge in [-0.15, -0.1) is 10.2 Å². The fourth-order valence-electron chi connectivity index (χ4n) is 3.07. The average molecular weight is 456 g/mol. The molecule has 0 spiro atoms. The predicted molar refractivity (Wildman–Crippen MR) is 128 cm³/mol. The fraction of sp³-hybridized carbons (Fsp3) is 0.333. The van der Waals surface area contributed by atoms with Crippen LogP contribution in [0.5, 0.6) is 17.2 Å². The monoisotopic (exact) mass is 455 g/mol. The molecule has 0 aliphatic heterocycles. The zero-order valence-corrected chi connectivity index (χ0v) is 19.4. The van der Waals surface area contributed by atoms with Gasteiger partial charge in [-0.25, -0.2) is 0 Å². The van der Waals surface area contributed by atoms with E-state index in [1.54, 1.807) is 14.2 Å². The lowest BCUT2D eigenvalue weighted by Crippen LogP contribution is -2.32. The van der Waals surface area contributed by atoms with Crippen LogP contribution < -0.4 is 19.5 Å². The lowest BCUT2D eigenvalue weighted by atomic mass is 10.1. The molecule has 0 aliphatic carbocycles. The Balaban J connectivity index is 1.43. The molecule has 32 heavy (non-hydrogen) atoms. The van der Waals surface area contributed by atoms with E-state index in [1.165, 1.54) is 11.3 Å². The SMILES string of the molecule is COc1ccc(CCNCC(O)COc2ccccc2/C=C/c2nnc(C)s2)cc1OC. The van der Waals surface area contributed by atoms with Gasteiger partial charge in [0.05, 0.1) is 14.2 Å². The minimum absolute atomic E-state index is 0.201. The van der Waals surface area contributed by atoms with E-state index >= 15 is 0 Å². The maximum atomic E-state index is 10.3. The molecule has 0 aliphatic rings. The Morgan fingerprint density at radius 1 is 1.03 bits per heavy atom. The Morgan fingerprint density at radius 3 is 2.59 bits per heavy atom. The van der Waals surface area contributed by atoms with E-state index in [2.05, 4.69) is 15.5 Å². The second-order valence-electron chi connectivity index (χ2n) is 7.14. The molecule has 0 radical (unpaired) electrons. The number of nitrogens with one attached hydrogen (secondary N) is 1. The molecule has 0 fully saturated rings. The van der Waals surface area contributed by atoms with Gasteiger partial charge < -0.3 is 24.6 Å². The maximum absolute atomic E-state index is 10.3. The van der Waals surface area contributed by atoms with Crippen LogP contribution >= 0.6 is 11.3 Å². The van der Waals surface area contributed by atoms with Crippen LogP contribution in [-0.2, 0) is 6.42 Å². The number of rotatable bonds is 12. The van der Waals surface area contributed by atoms with Gasteiger partial charge in [0.1, 0.15) is 28.5 Å². The van der Waals surface area contributed by atoms with Gasteiger partial charge in [0.25, 0.3) is 0 Å². The minimum Gasteiger partial charge on any atom is -0.493 e. The molecule has 1 aromatic heterocycles. The van der Waals surface area contributed by atoms with E-state index < -0.39 is 6.10 Å². The van der Waals surface area contributed by atoms with Gasteiger partial charge in [0.2, 0.25) is 0 Å². The van der Waals surface area contributed by atoms with Crippen molar-refractivity contribution in [2.45, 2.75) is 19.4 Å². The number of aryl methyl sites for hydroxylation is 1. The molecule has 0 saturated carbocycles. The van der Waals surface area contributed by atoms with E-state index in [0.717, 1.165) is 39.9 Å². The van der Waals surface area contributed by atoms with Crippen molar-refractivity contribution in [2.24, 2.45) is 0 Å². The normalized spacial score (nSPS) is 12.1. The third-order valence-corrected chi connectivity index (χ3v) is 5.52. The first kappa shape index (κ1) is 23.7. The Morgan fingerprint density at radius 2 is 1.84 bits per heavy atom. The second-order valence-corrected chi connectivity index (χ2v) is 8.35. The highest BCUT2D eigenvalue weighted by atomic mass is 32.1. The molecule has 7 nitrogen and oxygen atoms in total. The molecule has 2 N–H and O–H groups in total. The molecule has 3 aromatic rings. The number of aliphatic hydroxyl groups excluding tert-OH is 1. The second kappa shape index (κ2) is 12.2.